The van der Waals surface area contributed by atoms with Crippen LogP contribution >= 0.6 is 0 Å². The summed E-state index contributed by atoms with van der Waals surface area (Å²) in [5, 5.41) is 13.0. The summed E-state index contributed by atoms with van der Waals surface area (Å²) < 4.78 is 61.2. The summed E-state index contributed by atoms with van der Waals surface area (Å²) in [7, 11) is 0. The molecular formula is C110H132N10O21. The van der Waals surface area contributed by atoms with E-state index < -0.39 is 118 Å². The fourth-order valence-electron chi connectivity index (χ4n) is 14.6. The van der Waals surface area contributed by atoms with Crippen LogP contribution in [-0.4, -0.2) is 305 Å². The van der Waals surface area contributed by atoms with Crippen LogP contribution in [0.2, 0.25) is 0 Å². The normalized spacial score (nSPS) is 11.1. The predicted molar refractivity (Wildman–Crippen MR) is 531 cm³/mol. The van der Waals surface area contributed by atoms with Crippen LogP contribution in [0.5, 0.6) is 0 Å². The first-order chi connectivity index (χ1) is 69.0. The highest BCUT2D eigenvalue weighted by molar-refractivity contribution is 5.94. The first kappa shape index (κ1) is 109. The molecule has 748 valence electrons. The van der Waals surface area contributed by atoms with Crippen LogP contribution in [-0.2, 0) is 161 Å². The molecule has 9 amide bonds. The lowest BCUT2D eigenvalue weighted by molar-refractivity contribution is -0.150. The molecule has 0 atom stereocenters. The van der Waals surface area contributed by atoms with Crippen LogP contribution in [0.1, 0.15) is 55.6 Å². The third-order valence-corrected chi connectivity index (χ3v) is 22.4. The zero-order valence-electron chi connectivity index (χ0n) is 80.3. The van der Waals surface area contributed by atoms with Gasteiger partial charge in [-0.05, 0) is 55.6 Å². The number of aliphatic carboxylic acids is 1. The Morgan fingerprint density at radius 2 is 0.333 bits per heavy atom. The molecule has 0 heterocycles. The molecule has 0 aliphatic carbocycles. The van der Waals surface area contributed by atoms with E-state index in [9.17, 15) is 19.5 Å². The van der Waals surface area contributed by atoms with Crippen LogP contribution in [0.4, 0.5) is 0 Å². The summed E-state index contributed by atoms with van der Waals surface area (Å²) in [5.74, 6) is -7.29. The molecule has 10 rings (SSSR count). The highest BCUT2D eigenvalue weighted by Crippen LogP contribution is 2.16. The van der Waals surface area contributed by atoms with E-state index in [4.69, 9.17) is 47.4 Å². The Morgan fingerprint density at radius 1 is 0.184 bits per heavy atom. The summed E-state index contributed by atoms with van der Waals surface area (Å²) in [5.41, 5.74) is 8.56. The Morgan fingerprint density at radius 3 is 0.511 bits per heavy atom. The molecule has 10 aromatic rings. The van der Waals surface area contributed by atoms with E-state index in [-0.39, 0.29) is 198 Å². The third kappa shape index (κ3) is 44.6. The van der Waals surface area contributed by atoms with E-state index in [1.807, 2.05) is 303 Å². The second-order valence-electron chi connectivity index (χ2n) is 33.4. The average Bonchev–Trinajstić information content (AvgIpc) is 0.848. The fraction of sp³-hybridized carbons (Fsp3) is 0.364. The van der Waals surface area contributed by atoms with Crippen LogP contribution in [0.25, 0.3) is 0 Å². The summed E-state index contributed by atoms with van der Waals surface area (Å²) in [6, 6.07) is 93.8. The number of amides is 9. The average molecular weight is 1930 g/mol. The molecule has 0 radical (unpaired) electrons. The van der Waals surface area contributed by atoms with Gasteiger partial charge in [-0.1, -0.05) is 303 Å². The first-order valence-electron chi connectivity index (χ1n) is 47.6. The second kappa shape index (κ2) is 65.4. The number of carbonyl (C=O) groups excluding carboxylic acids is 9. The van der Waals surface area contributed by atoms with E-state index >= 15 is 33.6 Å². The Labute approximate surface area is 826 Å². The van der Waals surface area contributed by atoms with Gasteiger partial charge in [-0.25, -0.2) is 0 Å². The predicted octanol–water partition coefficient (Wildman–Crippen LogP) is 10.3. The van der Waals surface area contributed by atoms with E-state index in [1.165, 1.54) is 34.3 Å². The molecule has 0 spiro atoms. The van der Waals surface area contributed by atoms with E-state index in [0.29, 0.717) is 6.61 Å². The molecule has 0 bridgehead atoms. The zero-order valence-corrected chi connectivity index (χ0v) is 80.3. The van der Waals surface area contributed by atoms with Gasteiger partial charge in [0.05, 0.1) is 191 Å². The molecule has 2 N–H and O–H groups in total. The highest BCUT2D eigenvalue weighted by atomic mass is 16.5. The van der Waals surface area contributed by atoms with Gasteiger partial charge < -0.3 is 97.0 Å². The lowest BCUT2D eigenvalue weighted by Crippen LogP contribution is -2.54. The lowest BCUT2D eigenvalue weighted by atomic mass is 10.2. The van der Waals surface area contributed by atoms with Crippen LogP contribution in [0.15, 0.2) is 303 Å². The fourth-order valence-corrected chi connectivity index (χ4v) is 14.6. The van der Waals surface area contributed by atoms with E-state index in [1.54, 1.807) is 4.90 Å². The van der Waals surface area contributed by atoms with Gasteiger partial charge in [-0.3, -0.25) is 52.8 Å². The van der Waals surface area contributed by atoms with Gasteiger partial charge in [0.15, 0.2) is 0 Å². The van der Waals surface area contributed by atoms with Crippen LogP contribution < -0.4 is 5.32 Å². The van der Waals surface area contributed by atoms with Gasteiger partial charge in [-0.2, -0.15) is 0 Å². The van der Waals surface area contributed by atoms with Crippen LogP contribution in [0.3, 0.4) is 0 Å². The lowest BCUT2D eigenvalue weighted by Gasteiger charge is -2.33. The largest absolute Gasteiger partial charge is 0.480 e. The Hall–Kier alpha value is -13.5. The third-order valence-electron chi connectivity index (χ3n) is 22.4. The number of nitrogens with zero attached hydrogens (tertiary/aromatic N) is 9. The minimum atomic E-state index is -1.30. The van der Waals surface area contributed by atoms with Crippen LogP contribution in [0, 0.1) is 0 Å². The molecule has 0 aliphatic heterocycles. The summed E-state index contributed by atoms with van der Waals surface area (Å²) >= 11 is 0. The summed E-state index contributed by atoms with van der Waals surface area (Å²) in [6.07, 6.45) is 0. The number of ether oxygens (including phenoxy) is 10. The second-order valence-corrected chi connectivity index (χ2v) is 33.4. The number of benzene rings is 10. The van der Waals surface area contributed by atoms with Gasteiger partial charge in [0.2, 0.25) is 53.2 Å². The van der Waals surface area contributed by atoms with Gasteiger partial charge >= 0.3 is 5.97 Å². The molecule has 0 aliphatic rings. The monoisotopic (exact) mass is 1930 g/mol. The van der Waals surface area contributed by atoms with E-state index in [0.717, 1.165) is 60.5 Å². The zero-order chi connectivity index (χ0) is 99.2. The van der Waals surface area contributed by atoms with Crippen molar-refractivity contribution >= 4 is 59.1 Å². The molecule has 10 aromatic carbocycles. The van der Waals surface area contributed by atoms with E-state index in [2.05, 4.69) is 5.32 Å². The molecule has 0 saturated heterocycles. The van der Waals surface area contributed by atoms with Gasteiger partial charge in [0.25, 0.3) is 0 Å². The number of carboxylic acids is 1. The minimum absolute atomic E-state index is 0.00371. The molecule has 141 heavy (non-hydrogen) atoms. The number of hydrogen-bond donors (Lipinski definition) is 2. The molecule has 0 fully saturated rings. The van der Waals surface area contributed by atoms with Crippen molar-refractivity contribution in [3.05, 3.63) is 359 Å². The van der Waals surface area contributed by atoms with Crippen molar-refractivity contribution < 1.29 is 100 Å². The Bertz CT molecular complexity index is 5240. The van der Waals surface area contributed by atoms with Gasteiger partial charge in [-0.15, -0.1) is 0 Å². The maximum atomic E-state index is 15.8. The number of nitrogens with one attached hydrogen (secondary N) is 1. The number of rotatable bonds is 70. The van der Waals surface area contributed by atoms with Crippen molar-refractivity contribution in [1.29, 1.82) is 0 Å². The quantitative estimate of drug-likeness (QED) is 0.0335. The maximum Gasteiger partial charge on any atom is 0.323 e. The molecule has 31 nitrogen and oxygen atoms in total. The molecule has 0 unspecified atom stereocenters. The topological polar surface area (TPSA) is 324 Å². The molecular weight excluding hydrogens is 1800 g/mol. The number of carboxylic acid groups (broad SMARTS) is 1. The van der Waals surface area contributed by atoms with Crippen molar-refractivity contribution in [3.8, 4) is 0 Å². The van der Waals surface area contributed by atoms with Gasteiger partial charge in [0, 0.05) is 65.4 Å². The smallest absolute Gasteiger partial charge is 0.323 e. The van der Waals surface area contributed by atoms with Gasteiger partial charge in [0.1, 0.15) is 6.54 Å². The molecule has 31 heteroatoms. The standard InChI is InChI=1S/C110H132N10O21/c121-101(111-51-61-132-81-91-31-11-1-12-32-91)71-113(53-63-134-83-93-35-15-3-16-36-93)102(122)72-112(52-62-133-82-92-33-13-2-14-34-92)73-103(123)114(54-64-135-84-94-37-17-4-18-38-94)74-104(124)115(55-65-136-85-95-39-19-5-20-40-95)75-105(125)116(56-66-137-86-96-41-21-6-22-42-96)76-106(126)117(57-67-138-87-97-43-23-7-24-44-97)77-107(127)118(58-68-139-88-98-45-25-8-26-46-98)78-108(128)119(59-69-140-89-99-47-27-9-28-48-99)79-109(129)120(80-110(130)131)60-70-141-90-100-49-29-10-30-50-100/h1-50H,51-90H2,(H,111,121)(H,130,131). The Kier molecular flexibility index (Phi) is 50.8. The summed E-state index contributed by atoms with van der Waals surface area (Å²) in [6.45, 7) is -5.81. The Balaban J connectivity index is 0.931. The van der Waals surface area contributed by atoms with Crippen molar-refractivity contribution in [2.24, 2.45) is 0 Å². The molecule has 0 aromatic heterocycles. The number of carbonyl (C=O) groups is 10. The van der Waals surface area contributed by atoms with Crippen molar-refractivity contribution in [3.63, 3.8) is 0 Å². The SMILES string of the molecule is O=C(O)CN(CCOCc1ccccc1)C(=O)CN(CCOCc1ccccc1)C(=O)CN(CCOCc1ccccc1)C(=O)CN(CCOCc1ccccc1)C(=O)CN(CCOCc1ccccc1)C(=O)CN(CCOCc1ccccc1)C(=O)CN(CCOCc1ccccc1)C(=O)CN(CCOCc1ccccc1)CC(=O)N(CCOCc1ccccc1)CC(=O)NCCOCc1ccccc1. The maximum absolute atomic E-state index is 15.8. The van der Waals surface area contributed by atoms with Crippen molar-refractivity contribution in [1.82, 2.24) is 49.4 Å². The highest BCUT2D eigenvalue weighted by Gasteiger charge is 2.33. The van der Waals surface area contributed by atoms with Crippen molar-refractivity contribution in [2.45, 2.75) is 66.1 Å². The first-order valence-corrected chi connectivity index (χ1v) is 47.6. The summed E-state index contributed by atoms with van der Waals surface area (Å²) in [4.78, 5) is 161. The minimum Gasteiger partial charge on any atom is -0.480 e. The van der Waals surface area contributed by atoms with Crippen molar-refractivity contribution in [2.75, 3.05) is 197 Å². The number of hydrogen-bond acceptors (Lipinski definition) is 21. The molecule has 0 saturated carbocycles.